The highest BCUT2D eigenvalue weighted by atomic mass is 32.3. The molecule has 0 spiro atoms. The number of carboxylic acid groups (broad SMARTS) is 1. The third-order valence-corrected chi connectivity index (χ3v) is 15.6. The Labute approximate surface area is 365 Å². The SMILES string of the molecule is CCCCCCCCCCCCc1ccc(S(OC(=O)O)(c2ccc(CCCCCCCCCCCC)cc2)c2ccc(CCCCCCCCCCCC)cc2)cc1. The molecule has 0 aliphatic heterocycles. The topological polar surface area (TPSA) is 46.5 Å². The van der Waals surface area contributed by atoms with Crippen LogP contribution in [0.15, 0.2) is 87.5 Å². The Morgan fingerprint density at radius 2 is 0.559 bits per heavy atom. The second-order valence-electron chi connectivity index (χ2n) is 17.6. The summed E-state index contributed by atoms with van der Waals surface area (Å²) in [7, 11) is -2.51. The molecule has 3 aromatic carbocycles. The lowest BCUT2D eigenvalue weighted by Gasteiger charge is -2.39. The normalized spacial score (nSPS) is 11.9. The molecule has 0 saturated heterocycles. The van der Waals surface area contributed by atoms with Crippen LogP contribution in [0.5, 0.6) is 0 Å². The van der Waals surface area contributed by atoms with Crippen LogP contribution in [0.25, 0.3) is 0 Å². The molecule has 0 saturated carbocycles. The summed E-state index contributed by atoms with van der Waals surface area (Å²) >= 11 is 0. The zero-order valence-corrected chi connectivity index (χ0v) is 39.3. The van der Waals surface area contributed by atoms with Crippen LogP contribution in [-0.4, -0.2) is 11.3 Å². The van der Waals surface area contributed by atoms with Gasteiger partial charge in [0, 0.05) is 14.7 Å². The van der Waals surface area contributed by atoms with E-state index in [0.717, 1.165) is 33.9 Å². The van der Waals surface area contributed by atoms with Crippen molar-refractivity contribution in [1.29, 1.82) is 0 Å². The summed E-state index contributed by atoms with van der Waals surface area (Å²) in [5.74, 6) is 0. The lowest BCUT2D eigenvalue weighted by molar-refractivity contribution is 0.150. The van der Waals surface area contributed by atoms with Gasteiger partial charge in [0.05, 0.1) is 0 Å². The average molecular weight is 829 g/mol. The first kappa shape index (κ1) is 50.6. The number of aryl methyl sites for hydroxylation is 3. The van der Waals surface area contributed by atoms with Crippen molar-refractivity contribution in [3.05, 3.63) is 89.5 Å². The summed E-state index contributed by atoms with van der Waals surface area (Å²) in [6.45, 7) is 6.85. The van der Waals surface area contributed by atoms with Gasteiger partial charge in [-0.25, -0.2) is 4.79 Å². The van der Waals surface area contributed by atoms with E-state index in [2.05, 4.69) is 93.6 Å². The minimum atomic E-state index is -2.51. The highest BCUT2D eigenvalue weighted by molar-refractivity contribution is 8.30. The van der Waals surface area contributed by atoms with E-state index in [-0.39, 0.29) is 0 Å². The fourth-order valence-corrected chi connectivity index (χ4v) is 11.5. The van der Waals surface area contributed by atoms with Gasteiger partial charge >= 0.3 is 6.16 Å². The lowest BCUT2D eigenvalue weighted by atomic mass is 10.0. The molecule has 0 aliphatic rings. The van der Waals surface area contributed by atoms with Gasteiger partial charge in [-0.15, -0.1) is 0 Å². The number of unbranched alkanes of at least 4 members (excludes halogenated alkanes) is 27. The molecule has 0 fully saturated rings. The van der Waals surface area contributed by atoms with E-state index in [1.165, 1.54) is 209 Å². The molecule has 1 N–H and O–H groups in total. The maximum Gasteiger partial charge on any atom is 0.517 e. The summed E-state index contributed by atoms with van der Waals surface area (Å²) in [5, 5.41) is 10.4. The van der Waals surface area contributed by atoms with Crippen molar-refractivity contribution in [2.45, 2.75) is 247 Å². The Kier molecular flexibility index (Phi) is 28.3. The van der Waals surface area contributed by atoms with Gasteiger partial charge in [-0.05, 0) is 102 Å². The molecule has 0 heterocycles. The second kappa shape index (κ2) is 33.0. The fourth-order valence-electron chi connectivity index (χ4n) is 8.65. The average Bonchev–Trinajstić information content (AvgIpc) is 3.25. The van der Waals surface area contributed by atoms with E-state index in [1.807, 2.05) is 0 Å². The number of benzene rings is 3. The molecular weight excluding hydrogens is 741 g/mol. The van der Waals surface area contributed by atoms with Crippen molar-refractivity contribution in [3.8, 4) is 0 Å². The first-order chi connectivity index (χ1) is 29.0. The molecule has 3 rings (SSSR count). The monoisotopic (exact) mass is 829 g/mol. The molecule has 0 aromatic heterocycles. The summed E-state index contributed by atoms with van der Waals surface area (Å²) < 4.78 is 6.22. The summed E-state index contributed by atoms with van der Waals surface area (Å²) in [5.41, 5.74) is 3.95. The van der Waals surface area contributed by atoms with Crippen molar-refractivity contribution < 1.29 is 14.1 Å². The molecule has 4 heteroatoms. The van der Waals surface area contributed by atoms with Crippen LogP contribution >= 0.6 is 10.3 Å². The van der Waals surface area contributed by atoms with Gasteiger partial charge in [0.25, 0.3) is 0 Å². The summed E-state index contributed by atoms with van der Waals surface area (Å²) in [4.78, 5) is 15.5. The van der Waals surface area contributed by atoms with Gasteiger partial charge in [-0.3, -0.25) is 0 Å². The zero-order valence-electron chi connectivity index (χ0n) is 38.4. The van der Waals surface area contributed by atoms with Gasteiger partial charge in [0.2, 0.25) is 0 Å². The number of hydrogen-bond acceptors (Lipinski definition) is 2. The fraction of sp³-hybridized carbons (Fsp3) is 0.655. The van der Waals surface area contributed by atoms with Crippen LogP contribution in [-0.2, 0) is 23.4 Å². The molecule has 0 amide bonds. The van der Waals surface area contributed by atoms with Crippen LogP contribution in [0, 0.1) is 0 Å². The van der Waals surface area contributed by atoms with Gasteiger partial charge in [0.15, 0.2) is 0 Å². The van der Waals surface area contributed by atoms with Crippen molar-refractivity contribution >= 4 is 16.5 Å². The molecule has 59 heavy (non-hydrogen) atoms. The lowest BCUT2D eigenvalue weighted by Crippen LogP contribution is -2.12. The van der Waals surface area contributed by atoms with Crippen LogP contribution in [0.2, 0.25) is 0 Å². The third-order valence-electron chi connectivity index (χ3n) is 12.4. The highest BCUT2D eigenvalue weighted by Gasteiger charge is 2.36. The zero-order chi connectivity index (χ0) is 42.1. The molecule has 0 atom stereocenters. The number of hydrogen-bond donors (Lipinski definition) is 1. The smallest absolute Gasteiger partial charge is 0.449 e. The van der Waals surface area contributed by atoms with Gasteiger partial charge in [-0.1, -0.05) is 231 Å². The van der Waals surface area contributed by atoms with Crippen molar-refractivity contribution in [1.82, 2.24) is 0 Å². The van der Waals surface area contributed by atoms with Crippen molar-refractivity contribution in [3.63, 3.8) is 0 Å². The minimum absolute atomic E-state index is 0.941. The minimum Gasteiger partial charge on any atom is -0.449 e. The van der Waals surface area contributed by atoms with E-state index >= 15 is 0 Å². The third kappa shape index (κ3) is 21.1. The van der Waals surface area contributed by atoms with E-state index < -0.39 is 16.5 Å². The Morgan fingerprint density at radius 3 is 0.763 bits per heavy atom. The van der Waals surface area contributed by atoms with Crippen molar-refractivity contribution in [2.24, 2.45) is 0 Å². The molecular formula is C55H88O3S. The maximum atomic E-state index is 12.7. The molecule has 0 bridgehead atoms. The second-order valence-corrected chi connectivity index (χ2v) is 20.3. The quantitative estimate of drug-likeness (QED) is 0.0589. The van der Waals surface area contributed by atoms with Gasteiger partial charge < -0.3 is 9.29 Å². The maximum absolute atomic E-state index is 12.7. The number of rotatable bonds is 37. The van der Waals surface area contributed by atoms with Crippen LogP contribution < -0.4 is 0 Å². The highest BCUT2D eigenvalue weighted by Crippen LogP contribution is 2.69. The predicted octanol–water partition coefficient (Wildman–Crippen LogP) is 19.0. The van der Waals surface area contributed by atoms with E-state index in [9.17, 15) is 9.90 Å². The van der Waals surface area contributed by atoms with E-state index in [1.54, 1.807) is 0 Å². The predicted molar refractivity (Wildman–Crippen MR) is 257 cm³/mol. The van der Waals surface area contributed by atoms with Gasteiger partial charge in [0.1, 0.15) is 0 Å². The Morgan fingerprint density at radius 1 is 0.356 bits per heavy atom. The van der Waals surface area contributed by atoms with Crippen LogP contribution in [0.1, 0.15) is 230 Å². The molecule has 0 unspecified atom stereocenters. The Balaban J connectivity index is 1.67. The van der Waals surface area contributed by atoms with Crippen LogP contribution in [0.4, 0.5) is 4.79 Å². The van der Waals surface area contributed by atoms with Crippen LogP contribution in [0.3, 0.4) is 0 Å². The van der Waals surface area contributed by atoms with E-state index in [0.29, 0.717) is 0 Å². The molecule has 3 nitrogen and oxygen atoms in total. The summed E-state index contributed by atoms with van der Waals surface area (Å²) in [6, 6.07) is 26.2. The van der Waals surface area contributed by atoms with E-state index in [4.69, 9.17) is 4.18 Å². The Hall–Kier alpha value is -2.72. The largest absolute Gasteiger partial charge is 0.517 e. The first-order valence-corrected chi connectivity index (χ1v) is 26.6. The van der Waals surface area contributed by atoms with Crippen molar-refractivity contribution in [2.75, 3.05) is 0 Å². The van der Waals surface area contributed by atoms with Gasteiger partial charge in [-0.2, -0.15) is 0 Å². The molecule has 0 aliphatic carbocycles. The number of carbonyl (C=O) groups is 1. The standard InChI is InChI=1S/C55H88O3S/c1-4-7-10-13-16-19-22-25-28-31-34-49-37-43-52(44-38-49)59(58-55(56)57,53-45-39-50(40-46-53)35-32-29-26-23-20-17-14-11-8-5-2)54-47-41-51(42-48-54)36-33-30-27-24-21-18-15-12-9-6-3/h37-48H,4-36H2,1-3H3,(H,56,57). The first-order valence-electron chi connectivity index (χ1n) is 25.1. The Bertz CT molecular complexity index is 1270. The molecule has 0 radical (unpaired) electrons. The molecule has 332 valence electrons. The molecule has 3 aromatic rings. The summed E-state index contributed by atoms with van der Waals surface area (Å²) in [6.07, 6.45) is 42.0.